The molecule has 118 valence electrons. The van der Waals surface area contributed by atoms with Gasteiger partial charge in [0.1, 0.15) is 0 Å². The maximum Gasteiger partial charge on any atom is -0.0109 e. The van der Waals surface area contributed by atoms with Crippen molar-refractivity contribution in [1.82, 2.24) is 0 Å². The highest BCUT2D eigenvalue weighted by Crippen LogP contribution is 2.26. The van der Waals surface area contributed by atoms with Crippen molar-refractivity contribution < 1.29 is 0 Å². The fraction of sp³-hybridized carbons (Fsp3) is 0.429. The minimum atomic E-state index is 1.32. The molecule has 0 saturated heterocycles. The zero-order valence-electron chi connectivity index (χ0n) is 15.5. The second-order valence-corrected chi connectivity index (χ2v) is 3.95. The average Bonchev–Trinajstić information content (AvgIpc) is 2.58. The maximum atomic E-state index is 2.26. The zero-order valence-corrected chi connectivity index (χ0v) is 15.5. The summed E-state index contributed by atoms with van der Waals surface area (Å²) in [5, 5.41) is 2.71. The van der Waals surface area contributed by atoms with Crippen LogP contribution in [0.1, 0.15) is 65.2 Å². The van der Waals surface area contributed by atoms with Gasteiger partial charge in [0.05, 0.1) is 0 Å². The number of allylic oxidation sites excluding steroid dienone is 1. The van der Waals surface area contributed by atoms with Gasteiger partial charge in [0, 0.05) is 0 Å². The van der Waals surface area contributed by atoms with E-state index in [1.165, 1.54) is 27.5 Å². The lowest BCUT2D eigenvalue weighted by molar-refractivity contribution is 1.37. The van der Waals surface area contributed by atoms with Crippen LogP contribution in [0.2, 0.25) is 0 Å². The molecule has 0 N–H and O–H groups in total. The molecule has 0 aliphatic rings. The first-order valence-electron chi connectivity index (χ1n) is 8.35. The van der Waals surface area contributed by atoms with Crippen LogP contribution >= 0.6 is 0 Å². The Bertz CT molecular complexity index is 519. The van der Waals surface area contributed by atoms with Crippen LogP contribution in [0, 0.1) is 13.8 Å². The van der Waals surface area contributed by atoms with Gasteiger partial charge in [0.25, 0.3) is 0 Å². The molecule has 0 fully saturated rings. The van der Waals surface area contributed by atoms with Gasteiger partial charge in [-0.05, 0) is 48.2 Å². The Kier molecular flexibility index (Phi) is 13.9. The summed E-state index contributed by atoms with van der Waals surface area (Å²) in [5.74, 6) is 0. The second-order valence-electron chi connectivity index (χ2n) is 3.95. The number of fused-ring (bicyclic) bond motifs is 1. The summed E-state index contributed by atoms with van der Waals surface area (Å²) in [5.41, 5.74) is 4.07. The summed E-state index contributed by atoms with van der Waals surface area (Å²) in [7, 11) is 0. The minimum Gasteiger partial charge on any atom is -0.0870 e. The predicted molar refractivity (Wildman–Crippen MR) is 102 cm³/mol. The van der Waals surface area contributed by atoms with Gasteiger partial charge in [-0.3, -0.25) is 0 Å². The van der Waals surface area contributed by atoms with Gasteiger partial charge in [-0.25, -0.2) is 0 Å². The van der Waals surface area contributed by atoms with Crippen molar-refractivity contribution in [3.8, 4) is 0 Å². The Morgan fingerprint density at radius 1 is 0.762 bits per heavy atom. The first kappa shape index (κ1) is 21.7. The average molecular weight is 287 g/mol. The molecule has 0 aliphatic carbocycles. The Morgan fingerprint density at radius 3 is 1.71 bits per heavy atom. The Hall–Kier alpha value is -1.56. The summed E-state index contributed by atoms with van der Waals surface area (Å²) < 4.78 is 0. The van der Waals surface area contributed by atoms with Crippen molar-refractivity contribution in [1.29, 1.82) is 0 Å². The van der Waals surface area contributed by atoms with Gasteiger partial charge in [0.15, 0.2) is 0 Å². The van der Waals surface area contributed by atoms with Gasteiger partial charge >= 0.3 is 0 Å². The van der Waals surface area contributed by atoms with E-state index < -0.39 is 0 Å². The van der Waals surface area contributed by atoms with Gasteiger partial charge in [-0.2, -0.15) is 0 Å². The van der Waals surface area contributed by atoms with E-state index in [2.05, 4.69) is 63.3 Å². The topological polar surface area (TPSA) is 0 Å². The lowest BCUT2D eigenvalue weighted by Crippen LogP contribution is -1.87. The van der Waals surface area contributed by atoms with Crippen LogP contribution in [0.15, 0.2) is 36.4 Å². The molecule has 21 heavy (non-hydrogen) atoms. The number of rotatable bonds is 1. The molecule has 0 aromatic heterocycles. The fourth-order valence-electron chi connectivity index (χ4n) is 2.01. The predicted octanol–water partition coefficient (Wildman–Crippen LogP) is 7.57. The number of benzene rings is 2. The first-order valence-corrected chi connectivity index (χ1v) is 8.35. The molecule has 2 rings (SSSR count). The monoisotopic (exact) mass is 286 g/mol. The third-order valence-corrected chi connectivity index (χ3v) is 2.95. The number of aryl methyl sites for hydroxylation is 2. The highest BCUT2D eigenvalue weighted by molar-refractivity contribution is 5.93. The highest BCUT2D eigenvalue weighted by atomic mass is 14.1. The van der Waals surface area contributed by atoms with E-state index in [1.54, 1.807) is 0 Å². The van der Waals surface area contributed by atoms with Crippen LogP contribution < -0.4 is 0 Å². The van der Waals surface area contributed by atoms with Crippen LogP contribution in [0.4, 0.5) is 0 Å². The summed E-state index contributed by atoms with van der Waals surface area (Å²) >= 11 is 0. The zero-order chi connectivity index (χ0) is 16.8. The summed E-state index contributed by atoms with van der Waals surface area (Å²) in [6.45, 7) is 18.4. The van der Waals surface area contributed by atoms with Gasteiger partial charge in [0.2, 0.25) is 0 Å². The van der Waals surface area contributed by atoms with Crippen LogP contribution in [-0.2, 0) is 0 Å². The van der Waals surface area contributed by atoms with E-state index in [-0.39, 0.29) is 0 Å². The van der Waals surface area contributed by atoms with Gasteiger partial charge < -0.3 is 0 Å². The van der Waals surface area contributed by atoms with E-state index in [4.69, 9.17) is 0 Å². The van der Waals surface area contributed by atoms with Crippen molar-refractivity contribution in [2.24, 2.45) is 0 Å². The molecular weight excluding hydrogens is 252 g/mol. The molecule has 0 heteroatoms. The minimum absolute atomic E-state index is 1.32. The number of hydrogen-bond donors (Lipinski definition) is 0. The standard InChI is InChI=1S/C15H16.3C2H6/c1-4-7-13-10-11(2)12(3)14-8-5-6-9-15(13)14;3*1-2/h4-10H,1-3H3;3*1-2H3/b7-4+;;;. The Labute approximate surface area is 132 Å². The van der Waals surface area contributed by atoms with Crippen LogP contribution in [0.3, 0.4) is 0 Å². The molecule has 0 nitrogen and oxygen atoms in total. The van der Waals surface area contributed by atoms with E-state index in [0.717, 1.165) is 0 Å². The lowest BCUT2D eigenvalue weighted by Gasteiger charge is -2.09. The van der Waals surface area contributed by atoms with Crippen molar-refractivity contribution in [3.05, 3.63) is 53.1 Å². The molecule has 0 radical (unpaired) electrons. The molecular formula is C21H34. The SMILES string of the molecule is C/C=C/c1cc(C)c(C)c2ccccc12.CC.CC.CC. The quantitative estimate of drug-likeness (QED) is 0.507. The van der Waals surface area contributed by atoms with Crippen molar-refractivity contribution in [2.75, 3.05) is 0 Å². The summed E-state index contributed by atoms with van der Waals surface area (Å²) in [4.78, 5) is 0. The molecule has 0 amide bonds. The van der Waals surface area contributed by atoms with Crippen LogP contribution in [0.25, 0.3) is 16.8 Å². The largest absolute Gasteiger partial charge is 0.0870 e. The van der Waals surface area contributed by atoms with E-state index in [1.807, 2.05) is 41.5 Å². The lowest BCUT2D eigenvalue weighted by atomic mass is 9.96. The smallest absolute Gasteiger partial charge is 0.0109 e. The third-order valence-electron chi connectivity index (χ3n) is 2.95. The summed E-state index contributed by atoms with van der Waals surface area (Å²) in [6, 6.07) is 10.9. The molecule has 0 heterocycles. The molecule has 2 aromatic rings. The van der Waals surface area contributed by atoms with Crippen molar-refractivity contribution in [3.63, 3.8) is 0 Å². The first-order chi connectivity index (χ1) is 10.2. The summed E-state index contributed by atoms with van der Waals surface area (Å²) in [6.07, 6.45) is 4.27. The Balaban J connectivity index is 0. The van der Waals surface area contributed by atoms with Gasteiger partial charge in [-0.15, -0.1) is 0 Å². The molecule has 0 unspecified atom stereocenters. The fourth-order valence-corrected chi connectivity index (χ4v) is 2.01. The molecule has 0 spiro atoms. The third kappa shape index (κ3) is 6.16. The molecule has 2 aromatic carbocycles. The molecule has 0 atom stereocenters. The number of hydrogen-bond acceptors (Lipinski definition) is 0. The van der Waals surface area contributed by atoms with E-state index in [0.29, 0.717) is 0 Å². The normalized spacial score (nSPS) is 9.00. The maximum absolute atomic E-state index is 2.26. The highest BCUT2D eigenvalue weighted by Gasteiger charge is 2.03. The van der Waals surface area contributed by atoms with Gasteiger partial charge in [-0.1, -0.05) is 84.0 Å². The van der Waals surface area contributed by atoms with Crippen molar-refractivity contribution >= 4 is 16.8 Å². The van der Waals surface area contributed by atoms with E-state index in [9.17, 15) is 0 Å². The molecule has 0 bridgehead atoms. The second kappa shape index (κ2) is 13.4. The van der Waals surface area contributed by atoms with Crippen molar-refractivity contribution in [2.45, 2.75) is 62.3 Å². The van der Waals surface area contributed by atoms with Crippen LogP contribution in [-0.4, -0.2) is 0 Å². The van der Waals surface area contributed by atoms with Crippen LogP contribution in [0.5, 0.6) is 0 Å². The molecule has 0 aliphatic heterocycles. The molecule has 0 saturated carbocycles. The van der Waals surface area contributed by atoms with E-state index >= 15 is 0 Å². The Morgan fingerprint density at radius 2 is 1.24 bits per heavy atom.